The molecule has 0 aliphatic carbocycles. The van der Waals surface area contributed by atoms with Gasteiger partial charge in [0.05, 0.1) is 17.4 Å². The highest BCUT2D eigenvalue weighted by molar-refractivity contribution is 6.05. The first-order chi connectivity index (χ1) is 12.7. The number of amides is 1. The van der Waals surface area contributed by atoms with Gasteiger partial charge in [0.25, 0.3) is 5.91 Å². The number of hydrogen-bond acceptors (Lipinski definition) is 2. The lowest BCUT2D eigenvalue weighted by molar-refractivity contribution is -0.143. The summed E-state index contributed by atoms with van der Waals surface area (Å²) in [5, 5.41) is 6.37. The zero-order chi connectivity index (χ0) is 19.8. The molecule has 0 spiro atoms. The van der Waals surface area contributed by atoms with E-state index < -0.39 is 23.3 Å². The molecular weight excluding hydrogens is 355 g/mol. The number of halogens is 3. The average molecular weight is 373 g/mol. The van der Waals surface area contributed by atoms with E-state index in [4.69, 9.17) is 0 Å². The monoisotopic (exact) mass is 373 g/mol. The molecule has 0 saturated heterocycles. The van der Waals surface area contributed by atoms with E-state index in [1.54, 1.807) is 31.2 Å². The predicted molar refractivity (Wildman–Crippen MR) is 97.2 cm³/mol. The zero-order valence-corrected chi connectivity index (χ0v) is 15.1. The van der Waals surface area contributed by atoms with Crippen molar-refractivity contribution in [1.82, 2.24) is 9.78 Å². The van der Waals surface area contributed by atoms with E-state index in [2.05, 4.69) is 10.4 Å². The first kappa shape index (κ1) is 18.7. The van der Waals surface area contributed by atoms with Crippen molar-refractivity contribution in [2.24, 2.45) is 0 Å². The molecule has 0 aliphatic heterocycles. The summed E-state index contributed by atoms with van der Waals surface area (Å²) in [6.45, 7) is 5.51. The van der Waals surface area contributed by atoms with E-state index in [-0.39, 0.29) is 5.69 Å². The average Bonchev–Trinajstić information content (AvgIpc) is 3.03. The van der Waals surface area contributed by atoms with Crippen molar-refractivity contribution in [2.45, 2.75) is 26.9 Å². The third-order valence-electron chi connectivity index (χ3n) is 4.19. The SMILES string of the molecule is Cc1ccc(-n2ncc(C(=O)Nc3ccc(C)cc3C)c2C(F)(F)F)cc1. The molecule has 0 unspecified atom stereocenters. The predicted octanol–water partition coefficient (Wildman–Crippen LogP) is 5.07. The van der Waals surface area contributed by atoms with Crippen LogP contribution < -0.4 is 5.32 Å². The molecule has 1 N–H and O–H groups in total. The van der Waals surface area contributed by atoms with E-state index in [0.717, 1.165) is 27.6 Å². The number of aromatic nitrogens is 2. The van der Waals surface area contributed by atoms with Gasteiger partial charge in [0.15, 0.2) is 5.69 Å². The van der Waals surface area contributed by atoms with Crippen LogP contribution in [0.2, 0.25) is 0 Å². The molecule has 3 rings (SSSR count). The molecule has 0 fully saturated rings. The van der Waals surface area contributed by atoms with Gasteiger partial charge >= 0.3 is 6.18 Å². The highest BCUT2D eigenvalue weighted by atomic mass is 19.4. The number of benzene rings is 2. The standard InChI is InChI=1S/C20H18F3N3O/c1-12-4-7-15(8-5-12)26-18(20(21,22)23)16(11-24-26)19(27)25-17-9-6-13(2)10-14(17)3/h4-11H,1-3H3,(H,25,27). The number of carbonyl (C=O) groups is 1. The Bertz CT molecular complexity index is 989. The van der Waals surface area contributed by atoms with Gasteiger partial charge in [-0.1, -0.05) is 35.4 Å². The van der Waals surface area contributed by atoms with Crippen LogP contribution in [-0.4, -0.2) is 15.7 Å². The molecule has 0 radical (unpaired) electrons. The van der Waals surface area contributed by atoms with E-state index in [1.165, 1.54) is 12.1 Å². The van der Waals surface area contributed by atoms with Crippen LogP contribution >= 0.6 is 0 Å². The minimum Gasteiger partial charge on any atom is -0.322 e. The third kappa shape index (κ3) is 3.86. The van der Waals surface area contributed by atoms with Crippen LogP contribution in [0.3, 0.4) is 0 Å². The molecule has 27 heavy (non-hydrogen) atoms. The molecule has 4 nitrogen and oxygen atoms in total. The maximum atomic E-state index is 13.7. The number of carbonyl (C=O) groups excluding carboxylic acids is 1. The Kier molecular flexibility index (Phi) is 4.78. The molecule has 0 saturated carbocycles. The number of aryl methyl sites for hydroxylation is 3. The van der Waals surface area contributed by atoms with Crippen molar-refractivity contribution < 1.29 is 18.0 Å². The fraction of sp³-hybridized carbons (Fsp3) is 0.200. The number of rotatable bonds is 3. The van der Waals surface area contributed by atoms with Crippen molar-refractivity contribution in [3.8, 4) is 5.69 Å². The summed E-state index contributed by atoms with van der Waals surface area (Å²) in [5.74, 6) is -0.854. The van der Waals surface area contributed by atoms with Gasteiger partial charge in [0, 0.05) is 5.69 Å². The lowest BCUT2D eigenvalue weighted by Gasteiger charge is -2.14. The van der Waals surface area contributed by atoms with Gasteiger partial charge in [0.1, 0.15) is 0 Å². The van der Waals surface area contributed by atoms with E-state index in [1.807, 2.05) is 19.9 Å². The number of nitrogens with zero attached hydrogens (tertiary/aromatic N) is 2. The van der Waals surface area contributed by atoms with Crippen molar-refractivity contribution in [3.63, 3.8) is 0 Å². The van der Waals surface area contributed by atoms with Gasteiger partial charge in [-0.2, -0.15) is 18.3 Å². The molecular formula is C20H18F3N3O. The van der Waals surface area contributed by atoms with Crippen molar-refractivity contribution in [3.05, 3.63) is 76.6 Å². The van der Waals surface area contributed by atoms with Crippen LogP contribution in [0.5, 0.6) is 0 Å². The number of hydrogen-bond donors (Lipinski definition) is 1. The maximum absolute atomic E-state index is 13.7. The number of nitrogens with one attached hydrogen (secondary N) is 1. The van der Waals surface area contributed by atoms with E-state index in [9.17, 15) is 18.0 Å². The summed E-state index contributed by atoms with van der Waals surface area (Å²) >= 11 is 0. The Hall–Kier alpha value is -3.09. The fourth-order valence-electron chi connectivity index (χ4n) is 2.81. The van der Waals surface area contributed by atoms with Gasteiger partial charge in [-0.3, -0.25) is 4.79 Å². The summed E-state index contributed by atoms with van der Waals surface area (Å²) < 4.78 is 41.8. The molecule has 7 heteroatoms. The third-order valence-corrected chi connectivity index (χ3v) is 4.19. The number of alkyl halides is 3. The molecule has 0 aliphatic rings. The van der Waals surface area contributed by atoms with Crippen molar-refractivity contribution in [1.29, 1.82) is 0 Å². The fourth-order valence-corrected chi connectivity index (χ4v) is 2.81. The summed E-state index contributed by atoms with van der Waals surface area (Å²) in [6.07, 6.45) is -3.79. The first-order valence-corrected chi connectivity index (χ1v) is 8.27. The van der Waals surface area contributed by atoms with Gasteiger partial charge in [-0.25, -0.2) is 4.68 Å². The summed E-state index contributed by atoms with van der Waals surface area (Å²) in [7, 11) is 0. The second-order valence-electron chi connectivity index (χ2n) is 6.42. The van der Waals surface area contributed by atoms with Crippen LogP contribution in [0.15, 0.2) is 48.7 Å². The van der Waals surface area contributed by atoms with Crippen LogP contribution in [0.1, 0.15) is 32.7 Å². The quantitative estimate of drug-likeness (QED) is 0.697. The summed E-state index contributed by atoms with van der Waals surface area (Å²) in [6, 6.07) is 11.7. The molecule has 3 aromatic rings. The molecule has 1 heterocycles. The van der Waals surface area contributed by atoms with Gasteiger partial charge < -0.3 is 5.32 Å². The molecule has 0 atom stereocenters. The summed E-state index contributed by atoms with van der Waals surface area (Å²) in [5.41, 5.74) is 1.74. The largest absolute Gasteiger partial charge is 0.434 e. The number of anilines is 1. The van der Waals surface area contributed by atoms with Gasteiger partial charge in [0.2, 0.25) is 0 Å². The van der Waals surface area contributed by atoms with E-state index >= 15 is 0 Å². The second-order valence-corrected chi connectivity index (χ2v) is 6.42. The normalized spacial score (nSPS) is 11.5. The highest BCUT2D eigenvalue weighted by Crippen LogP contribution is 2.34. The Morgan fingerprint density at radius 2 is 1.63 bits per heavy atom. The Labute approximate surface area is 154 Å². The second kappa shape index (κ2) is 6.90. The smallest absolute Gasteiger partial charge is 0.322 e. The molecule has 2 aromatic carbocycles. The van der Waals surface area contributed by atoms with Crippen LogP contribution in [0.25, 0.3) is 5.69 Å². The lowest BCUT2D eigenvalue weighted by Crippen LogP contribution is -2.21. The minimum atomic E-state index is -4.74. The molecule has 0 bridgehead atoms. The van der Waals surface area contributed by atoms with Crippen LogP contribution in [-0.2, 0) is 6.18 Å². The van der Waals surface area contributed by atoms with Crippen LogP contribution in [0, 0.1) is 20.8 Å². The lowest BCUT2D eigenvalue weighted by atomic mass is 10.1. The Balaban J connectivity index is 2.02. The highest BCUT2D eigenvalue weighted by Gasteiger charge is 2.40. The summed E-state index contributed by atoms with van der Waals surface area (Å²) in [4.78, 5) is 12.6. The Morgan fingerprint density at radius 3 is 2.22 bits per heavy atom. The molecule has 1 aromatic heterocycles. The minimum absolute atomic E-state index is 0.235. The van der Waals surface area contributed by atoms with Gasteiger partial charge in [-0.15, -0.1) is 0 Å². The zero-order valence-electron chi connectivity index (χ0n) is 15.1. The first-order valence-electron chi connectivity index (χ1n) is 8.27. The molecule has 140 valence electrons. The topological polar surface area (TPSA) is 46.9 Å². The Morgan fingerprint density at radius 1 is 1.00 bits per heavy atom. The van der Waals surface area contributed by atoms with Crippen molar-refractivity contribution >= 4 is 11.6 Å². The van der Waals surface area contributed by atoms with Gasteiger partial charge in [-0.05, 0) is 44.5 Å². The molecule has 1 amide bonds. The van der Waals surface area contributed by atoms with Crippen molar-refractivity contribution in [2.75, 3.05) is 5.32 Å². The van der Waals surface area contributed by atoms with E-state index in [0.29, 0.717) is 5.69 Å². The van der Waals surface area contributed by atoms with Crippen LogP contribution in [0.4, 0.5) is 18.9 Å². The maximum Gasteiger partial charge on any atom is 0.434 e.